The van der Waals surface area contributed by atoms with E-state index in [0.29, 0.717) is 25.8 Å². The van der Waals surface area contributed by atoms with Gasteiger partial charge in [0.05, 0.1) is 0 Å². The van der Waals surface area contributed by atoms with E-state index in [0.717, 1.165) is 9.80 Å². The van der Waals surface area contributed by atoms with Gasteiger partial charge in [0.1, 0.15) is 13.1 Å². The Balaban J connectivity index is 5.48. The van der Waals surface area contributed by atoms with Gasteiger partial charge < -0.3 is 28.9 Å². The Labute approximate surface area is 238 Å². The summed E-state index contributed by atoms with van der Waals surface area (Å²) in [6, 6.07) is 0. The summed E-state index contributed by atoms with van der Waals surface area (Å²) in [4.78, 5) is 78.7. The molecule has 5 unspecified atom stereocenters. The second-order valence-electron chi connectivity index (χ2n) is 10.4. The number of hydrogen-bond donors (Lipinski definition) is 0. The molecule has 0 aromatic rings. The lowest BCUT2D eigenvalue weighted by molar-refractivity contribution is -0.170. The van der Waals surface area contributed by atoms with Crippen LogP contribution in [-0.2, 0) is 43.0 Å². The van der Waals surface area contributed by atoms with Crippen LogP contribution in [0.4, 0.5) is 0 Å². The van der Waals surface area contributed by atoms with Gasteiger partial charge in [0, 0.05) is 45.4 Å². The number of carbonyl (C=O) groups excluding carboxylic acids is 6. The molecule has 0 fully saturated rings. The highest BCUT2D eigenvalue weighted by atomic mass is 16.6. The standard InChI is InChI=1S/C28H49N3O9/c1-11-18(5)23(38-17-32)26(35)30(9)15-21(33)40-25(20(7)13-3)28(37)31(10)16-22(34)39-24(19(6)12-2)27(36)29(8)14-4/h17-20,23-25H,11-16H2,1-10H3/t18?,19-,20?,23?,24?,25?/m0/s1. The molecule has 0 rings (SSSR count). The van der Waals surface area contributed by atoms with Gasteiger partial charge >= 0.3 is 11.9 Å². The smallest absolute Gasteiger partial charge is 0.326 e. The lowest BCUT2D eigenvalue weighted by Gasteiger charge is -2.30. The van der Waals surface area contributed by atoms with Crippen molar-refractivity contribution in [3.8, 4) is 0 Å². The first-order valence-corrected chi connectivity index (χ1v) is 13.9. The first kappa shape index (κ1) is 36.8. The molecule has 0 aliphatic carbocycles. The molecule has 12 nitrogen and oxygen atoms in total. The van der Waals surface area contributed by atoms with E-state index in [4.69, 9.17) is 14.2 Å². The fourth-order valence-electron chi connectivity index (χ4n) is 3.67. The van der Waals surface area contributed by atoms with Crippen molar-refractivity contribution in [1.29, 1.82) is 0 Å². The largest absolute Gasteiger partial charge is 0.454 e. The number of hydrogen-bond acceptors (Lipinski definition) is 9. The number of likely N-dealkylation sites (N-methyl/N-ethyl adjacent to an activating group) is 3. The maximum atomic E-state index is 13.2. The minimum absolute atomic E-state index is 0.197. The van der Waals surface area contributed by atoms with Crippen LogP contribution in [-0.4, -0.2) is 110 Å². The van der Waals surface area contributed by atoms with E-state index < -0.39 is 61.1 Å². The SMILES string of the molecule is CCC(C)C(OC=O)C(=O)N(C)CC(=O)OC(C(=O)N(C)CC(=O)OC(C(=O)N(C)CC)[C@@H](C)CC)C(C)CC. The van der Waals surface area contributed by atoms with E-state index in [-0.39, 0.29) is 24.2 Å². The monoisotopic (exact) mass is 571 g/mol. The maximum absolute atomic E-state index is 13.2. The molecule has 0 N–H and O–H groups in total. The van der Waals surface area contributed by atoms with E-state index in [1.807, 2.05) is 34.6 Å². The average molecular weight is 572 g/mol. The molecule has 0 saturated carbocycles. The summed E-state index contributed by atoms with van der Waals surface area (Å²) in [6.07, 6.45) is -1.57. The fraction of sp³-hybridized carbons (Fsp3) is 0.786. The molecule has 12 heteroatoms. The second kappa shape index (κ2) is 18.2. The Hall–Kier alpha value is -3.18. The molecule has 0 aromatic heterocycles. The summed E-state index contributed by atoms with van der Waals surface area (Å²) in [5.41, 5.74) is 0. The zero-order valence-electron chi connectivity index (χ0n) is 25.8. The van der Waals surface area contributed by atoms with Gasteiger partial charge in [0.2, 0.25) is 0 Å². The van der Waals surface area contributed by atoms with Crippen LogP contribution >= 0.6 is 0 Å². The zero-order chi connectivity index (χ0) is 31.2. The van der Waals surface area contributed by atoms with Gasteiger partial charge in [-0.25, -0.2) is 0 Å². The molecular weight excluding hydrogens is 522 g/mol. The van der Waals surface area contributed by atoms with E-state index in [1.165, 1.54) is 19.0 Å². The molecule has 3 amide bonds. The molecule has 0 aliphatic heterocycles. The number of rotatable bonds is 18. The summed E-state index contributed by atoms with van der Waals surface area (Å²) in [7, 11) is 4.38. The predicted octanol–water partition coefficient (Wildman–Crippen LogP) is 1.89. The Kier molecular flexibility index (Phi) is 16.8. The highest BCUT2D eigenvalue weighted by Gasteiger charge is 2.35. The van der Waals surface area contributed by atoms with Crippen LogP contribution in [0, 0.1) is 17.8 Å². The average Bonchev–Trinajstić information content (AvgIpc) is 2.94. The maximum Gasteiger partial charge on any atom is 0.326 e. The van der Waals surface area contributed by atoms with Crippen molar-refractivity contribution in [2.24, 2.45) is 17.8 Å². The molecule has 0 aliphatic rings. The first-order valence-electron chi connectivity index (χ1n) is 13.9. The van der Waals surface area contributed by atoms with Gasteiger partial charge in [-0.05, 0) is 26.2 Å². The zero-order valence-corrected chi connectivity index (χ0v) is 25.8. The van der Waals surface area contributed by atoms with Crippen molar-refractivity contribution in [2.45, 2.75) is 86.0 Å². The Morgan fingerprint density at radius 3 is 1.25 bits per heavy atom. The van der Waals surface area contributed by atoms with E-state index in [1.54, 1.807) is 20.9 Å². The van der Waals surface area contributed by atoms with Gasteiger partial charge in [0.15, 0.2) is 18.3 Å². The number of nitrogens with zero attached hydrogens (tertiary/aromatic N) is 3. The van der Waals surface area contributed by atoms with Gasteiger partial charge in [-0.3, -0.25) is 28.8 Å². The predicted molar refractivity (Wildman–Crippen MR) is 148 cm³/mol. The van der Waals surface area contributed by atoms with Crippen LogP contribution in [0.5, 0.6) is 0 Å². The topological polar surface area (TPSA) is 140 Å². The van der Waals surface area contributed by atoms with Crippen LogP contribution in [0.15, 0.2) is 0 Å². The third-order valence-corrected chi connectivity index (χ3v) is 7.27. The van der Waals surface area contributed by atoms with Crippen molar-refractivity contribution >= 4 is 36.1 Å². The molecule has 0 heterocycles. The van der Waals surface area contributed by atoms with Crippen LogP contribution in [0.1, 0.15) is 67.7 Å². The minimum Gasteiger partial charge on any atom is -0.454 e. The number of carbonyl (C=O) groups is 6. The summed E-state index contributed by atoms with van der Waals surface area (Å²) in [5.74, 6) is -3.98. The lowest BCUT2D eigenvalue weighted by Crippen LogP contribution is -2.48. The number of ether oxygens (including phenoxy) is 3. The second-order valence-corrected chi connectivity index (χ2v) is 10.4. The minimum atomic E-state index is -1.21. The molecular formula is C28H49N3O9. The quantitative estimate of drug-likeness (QED) is 0.137. The van der Waals surface area contributed by atoms with E-state index >= 15 is 0 Å². The Morgan fingerprint density at radius 1 is 0.600 bits per heavy atom. The van der Waals surface area contributed by atoms with Crippen molar-refractivity contribution in [2.75, 3.05) is 40.8 Å². The lowest BCUT2D eigenvalue weighted by atomic mass is 10.00. The molecule has 40 heavy (non-hydrogen) atoms. The molecule has 0 radical (unpaired) electrons. The normalized spacial score (nSPS) is 15.3. The third kappa shape index (κ3) is 11.1. The van der Waals surface area contributed by atoms with Gasteiger partial charge in [-0.1, -0.05) is 41.5 Å². The van der Waals surface area contributed by atoms with Gasteiger partial charge in [-0.15, -0.1) is 0 Å². The third-order valence-electron chi connectivity index (χ3n) is 7.27. The van der Waals surface area contributed by atoms with Crippen molar-refractivity contribution in [3.63, 3.8) is 0 Å². The molecule has 0 spiro atoms. The van der Waals surface area contributed by atoms with E-state index in [2.05, 4.69) is 0 Å². The highest BCUT2D eigenvalue weighted by molar-refractivity contribution is 5.90. The van der Waals surface area contributed by atoms with Crippen molar-refractivity contribution in [1.82, 2.24) is 14.7 Å². The first-order chi connectivity index (χ1) is 18.7. The fourth-order valence-corrected chi connectivity index (χ4v) is 3.67. The van der Waals surface area contributed by atoms with Crippen molar-refractivity contribution < 1.29 is 43.0 Å². The van der Waals surface area contributed by atoms with Crippen LogP contribution in [0.2, 0.25) is 0 Å². The van der Waals surface area contributed by atoms with Gasteiger partial charge in [-0.2, -0.15) is 0 Å². The van der Waals surface area contributed by atoms with Gasteiger partial charge in [0.25, 0.3) is 24.2 Å². The number of esters is 2. The van der Waals surface area contributed by atoms with E-state index in [9.17, 15) is 28.8 Å². The summed E-state index contributed by atoms with van der Waals surface area (Å²) >= 11 is 0. The van der Waals surface area contributed by atoms with Crippen molar-refractivity contribution in [3.05, 3.63) is 0 Å². The summed E-state index contributed by atoms with van der Waals surface area (Å²) in [6.45, 7) is 12.4. The number of amides is 3. The summed E-state index contributed by atoms with van der Waals surface area (Å²) in [5, 5.41) is 0. The Bertz CT molecular complexity index is 866. The van der Waals surface area contributed by atoms with Crippen LogP contribution in [0.25, 0.3) is 0 Å². The van der Waals surface area contributed by atoms with Crippen LogP contribution < -0.4 is 0 Å². The van der Waals surface area contributed by atoms with Crippen LogP contribution in [0.3, 0.4) is 0 Å². The molecule has 0 aromatic carbocycles. The molecule has 0 saturated heterocycles. The molecule has 0 bridgehead atoms. The highest BCUT2D eigenvalue weighted by Crippen LogP contribution is 2.18. The molecule has 6 atom stereocenters. The summed E-state index contributed by atoms with van der Waals surface area (Å²) < 4.78 is 15.9. The Morgan fingerprint density at radius 2 is 0.925 bits per heavy atom. The molecule has 230 valence electrons.